The van der Waals surface area contributed by atoms with Crippen LogP contribution in [0, 0.1) is 5.82 Å². The Hall–Kier alpha value is -1.15. The summed E-state index contributed by atoms with van der Waals surface area (Å²) >= 11 is 0. The molecule has 0 aliphatic rings. The maximum atomic E-state index is 12.7. The van der Waals surface area contributed by atoms with Crippen molar-refractivity contribution in [1.29, 1.82) is 0 Å². The van der Waals surface area contributed by atoms with E-state index in [0.29, 0.717) is 6.07 Å². The third-order valence-electron chi connectivity index (χ3n) is 1.53. The zero-order valence-electron chi connectivity index (χ0n) is 7.05. The van der Waals surface area contributed by atoms with Gasteiger partial charge in [-0.05, 0) is 18.2 Å². The molecule has 84 valence electrons. The highest BCUT2D eigenvalue weighted by molar-refractivity contribution is 7.89. The summed E-state index contributed by atoms with van der Waals surface area (Å²) in [6, 6.07) is 0.887. The lowest BCUT2D eigenvalue weighted by Crippen LogP contribution is -2.14. The summed E-state index contributed by atoms with van der Waals surface area (Å²) in [5.41, 5.74) is -1.40. The first-order valence-electron chi connectivity index (χ1n) is 3.51. The van der Waals surface area contributed by atoms with Gasteiger partial charge in [-0.15, -0.1) is 0 Å². The van der Waals surface area contributed by atoms with Crippen LogP contribution in [0.1, 0.15) is 5.56 Å². The van der Waals surface area contributed by atoms with Gasteiger partial charge in [0.1, 0.15) is 5.82 Å². The molecule has 0 aliphatic carbocycles. The monoisotopic (exact) mass is 243 g/mol. The van der Waals surface area contributed by atoms with Crippen LogP contribution in [-0.4, -0.2) is 8.42 Å². The second kappa shape index (κ2) is 3.46. The quantitative estimate of drug-likeness (QED) is 0.759. The lowest BCUT2D eigenvalue weighted by molar-refractivity contribution is -0.137. The van der Waals surface area contributed by atoms with Crippen LogP contribution in [-0.2, 0) is 16.2 Å². The van der Waals surface area contributed by atoms with E-state index in [4.69, 9.17) is 0 Å². The third kappa shape index (κ3) is 2.90. The number of nitrogens with two attached hydrogens (primary N) is 1. The molecular weight excluding hydrogens is 238 g/mol. The molecule has 0 saturated heterocycles. The molecule has 2 N–H and O–H groups in total. The summed E-state index contributed by atoms with van der Waals surface area (Å²) in [6.45, 7) is 0. The summed E-state index contributed by atoms with van der Waals surface area (Å²) in [6.07, 6.45) is -4.82. The maximum Gasteiger partial charge on any atom is 0.416 e. The van der Waals surface area contributed by atoms with Gasteiger partial charge >= 0.3 is 6.18 Å². The van der Waals surface area contributed by atoms with E-state index in [2.05, 4.69) is 5.14 Å². The summed E-state index contributed by atoms with van der Waals surface area (Å²) in [7, 11) is -4.35. The molecule has 0 atom stereocenters. The van der Waals surface area contributed by atoms with Crippen LogP contribution >= 0.6 is 0 Å². The number of primary sulfonamides is 1. The van der Waals surface area contributed by atoms with Gasteiger partial charge in [0.2, 0.25) is 10.0 Å². The second-order valence-electron chi connectivity index (χ2n) is 2.72. The summed E-state index contributed by atoms with van der Waals surface area (Å²) in [4.78, 5) is -0.908. The first-order chi connectivity index (χ1) is 6.60. The predicted molar refractivity (Wildman–Crippen MR) is 42.8 cm³/mol. The van der Waals surface area contributed by atoms with E-state index in [1.54, 1.807) is 0 Å². The Bertz CT molecular complexity index is 480. The molecule has 15 heavy (non-hydrogen) atoms. The normalized spacial score (nSPS) is 12.9. The molecule has 0 saturated carbocycles. The van der Waals surface area contributed by atoms with Crippen LogP contribution in [0.15, 0.2) is 23.1 Å². The molecule has 3 nitrogen and oxygen atoms in total. The lowest BCUT2D eigenvalue weighted by atomic mass is 10.2. The van der Waals surface area contributed by atoms with Crippen molar-refractivity contribution in [2.24, 2.45) is 5.14 Å². The highest BCUT2D eigenvalue weighted by Crippen LogP contribution is 2.31. The molecule has 0 unspecified atom stereocenters. The molecule has 0 amide bonds. The zero-order valence-corrected chi connectivity index (χ0v) is 7.86. The Balaban J connectivity index is 3.43. The van der Waals surface area contributed by atoms with Crippen LogP contribution in [0.3, 0.4) is 0 Å². The van der Waals surface area contributed by atoms with Crippen molar-refractivity contribution in [3.8, 4) is 0 Å². The number of halogens is 4. The number of rotatable bonds is 1. The van der Waals surface area contributed by atoms with E-state index < -0.39 is 32.5 Å². The minimum absolute atomic E-state index is 0.189. The Morgan fingerprint density at radius 3 is 2.07 bits per heavy atom. The van der Waals surface area contributed by atoms with Crippen molar-refractivity contribution in [3.63, 3.8) is 0 Å². The van der Waals surface area contributed by atoms with E-state index in [-0.39, 0.29) is 12.1 Å². The fourth-order valence-electron chi connectivity index (χ4n) is 0.891. The smallest absolute Gasteiger partial charge is 0.225 e. The molecule has 1 aromatic rings. The number of hydrogen-bond donors (Lipinski definition) is 1. The average molecular weight is 243 g/mol. The summed E-state index contributed by atoms with van der Waals surface area (Å²) < 4.78 is 70.5. The molecule has 0 spiro atoms. The number of alkyl halides is 3. The van der Waals surface area contributed by atoms with E-state index in [1.165, 1.54) is 0 Å². The van der Waals surface area contributed by atoms with Crippen LogP contribution in [0.25, 0.3) is 0 Å². The van der Waals surface area contributed by atoms with Gasteiger partial charge in [0.25, 0.3) is 0 Å². The van der Waals surface area contributed by atoms with Crippen molar-refractivity contribution in [3.05, 3.63) is 29.6 Å². The standard InChI is InChI=1S/C7H5F4NO2S/c8-5-1-4(7(9,10)11)2-6(3-5)15(12,13)14/h1-3H,(H2,12,13,14). The van der Waals surface area contributed by atoms with Gasteiger partial charge in [-0.25, -0.2) is 17.9 Å². The van der Waals surface area contributed by atoms with Crippen molar-refractivity contribution >= 4 is 10.0 Å². The van der Waals surface area contributed by atoms with Gasteiger partial charge in [-0.1, -0.05) is 0 Å². The number of hydrogen-bond acceptors (Lipinski definition) is 2. The molecule has 0 fully saturated rings. The highest BCUT2D eigenvalue weighted by atomic mass is 32.2. The SMILES string of the molecule is NS(=O)(=O)c1cc(F)cc(C(F)(F)F)c1. The fraction of sp³-hybridized carbons (Fsp3) is 0.143. The van der Waals surface area contributed by atoms with Crippen molar-refractivity contribution < 1.29 is 26.0 Å². The van der Waals surface area contributed by atoms with Crippen molar-refractivity contribution in [2.45, 2.75) is 11.1 Å². The highest BCUT2D eigenvalue weighted by Gasteiger charge is 2.32. The Morgan fingerprint density at radius 1 is 1.13 bits per heavy atom. The molecular formula is C7H5F4NO2S. The van der Waals surface area contributed by atoms with Crippen molar-refractivity contribution in [2.75, 3.05) is 0 Å². The molecule has 0 radical (unpaired) electrons. The minimum atomic E-state index is -4.82. The number of benzene rings is 1. The Morgan fingerprint density at radius 2 is 1.67 bits per heavy atom. The first kappa shape index (κ1) is 11.9. The molecule has 0 aromatic heterocycles. The molecule has 0 heterocycles. The van der Waals surface area contributed by atoms with Crippen molar-refractivity contribution in [1.82, 2.24) is 0 Å². The van der Waals surface area contributed by atoms with Crippen LogP contribution < -0.4 is 5.14 Å². The Labute approximate surface area is 82.6 Å². The van der Waals surface area contributed by atoms with Gasteiger partial charge < -0.3 is 0 Å². The molecule has 0 bridgehead atoms. The zero-order chi connectivity index (χ0) is 11.9. The Kier molecular flexibility index (Phi) is 2.75. The predicted octanol–water partition coefficient (Wildman–Crippen LogP) is 1.49. The molecule has 0 aliphatic heterocycles. The fourth-order valence-corrected chi connectivity index (χ4v) is 1.46. The van der Waals surface area contributed by atoms with E-state index in [1.807, 2.05) is 0 Å². The molecule has 1 aromatic carbocycles. The maximum absolute atomic E-state index is 12.7. The van der Waals surface area contributed by atoms with E-state index in [0.717, 1.165) is 0 Å². The molecule has 1 rings (SSSR count). The lowest BCUT2D eigenvalue weighted by Gasteiger charge is -2.08. The summed E-state index contributed by atoms with van der Waals surface area (Å²) in [5, 5.41) is 4.58. The van der Waals surface area contributed by atoms with Crippen LogP contribution in [0.2, 0.25) is 0 Å². The van der Waals surface area contributed by atoms with Crippen LogP contribution in [0.4, 0.5) is 17.6 Å². The largest absolute Gasteiger partial charge is 0.416 e. The van der Waals surface area contributed by atoms with Gasteiger partial charge in [-0.3, -0.25) is 0 Å². The third-order valence-corrected chi connectivity index (χ3v) is 2.42. The number of sulfonamides is 1. The van der Waals surface area contributed by atoms with Gasteiger partial charge in [0.15, 0.2) is 0 Å². The first-order valence-corrected chi connectivity index (χ1v) is 5.06. The van der Waals surface area contributed by atoms with E-state index >= 15 is 0 Å². The average Bonchev–Trinajstić information content (AvgIpc) is 1.99. The second-order valence-corrected chi connectivity index (χ2v) is 4.28. The topological polar surface area (TPSA) is 60.2 Å². The van der Waals surface area contributed by atoms with E-state index in [9.17, 15) is 26.0 Å². The van der Waals surface area contributed by atoms with Gasteiger partial charge in [-0.2, -0.15) is 13.2 Å². The van der Waals surface area contributed by atoms with Gasteiger partial charge in [0, 0.05) is 0 Å². The molecule has 8 heteroatoms. The summed E-state index contributed by atoms with van der Waals surface area (Å²) in [5.74, 6) is -1.31. The van der Waals surface area contributed by atoms with Gasteiger partial charge in [0.05, 0.1) is 10.5 Å². The van der Waals surface area contributed by atoms with Crippen LogP contribution in [0.5, 0.6) is 0 Å². The minimum Gasteiger partial charge on any atom is -0.225 e.